The number of hydrogen-bond acceptors (Lipinski definition) is 5. The summed E-state index contributed by atoms with van der Waals surface area (Å²) in [5, 5.41) is 3.42. The molecular weight excluding hydrogens is 322 g/mol. The number of amides is 2. The van der Waals surface area contributed by atoms with Gasteiger partial charge in [0.2, 0.25) is 0 Å². The number of nitrogens with two attached hydrogens (primary N) is 1. The van der Waals surface area contributed by atoms with Crippen LogP contribution in [0.3, 0.4) is 0 Å². The summed E-state index contributed by atoms with van der Waals surface area (Å²) in [5.74, 6) is -0.277. The van der Waals surface area contributed by atoms with E-state index >= 15 is 0 Å². The van der Waals surface area contributed by atoms with E-state index in [2.05, 4.69) is 5.32 Å². The van der Waals surface area contributed by atoms with E-state index in [1.165, 1.54) is 13.2 Å². The highest BCUT2D eigenvalue weighted by Gasteiger charge is 2.26. The lowest BCUT2D eigenvalue weighted by Gasteiger charge is -2.34. The zero-order valence-corrected chi connectivity index (χ0v) is 13.9. The van der Waals surface area contributed by atoms with Crippen molar-refractivity contribution in [1.29, 1.82) is 0 Å². The van der Waals surface area contributed by atoms with Gasteiger partial charge in [-0.3, -0.25) is 9.59 Å². The molecule has 8 heteroatoms. The van der Waals surface area contributed by atoms with E-state index in [4.69, 9.17) is 26.8 Å². The summed E-state index contributed by atoms with van der Waals surface area (Å²) in [6.45, 7) is 3.78. The van der Waals surface area contributed by atoms with E-state index in [1.807, 2.05) is 6.92 Å². The number of piperazine rings is 1. The molecule has 3 N–H and O–H groups in total. The zero-order valence-electron chi connectivity index (χ0n) is 13.1. The van der Waals surface area contributed by atoms with Crippen molar-refractivity contribution in [3.05, 3.63) is 22.7 Å². The molecule has 0 saturated carbocycles. The van der Waals surface area contributed by atoms with Gasteiger partial charge in [-0.05, 0) is 19.1 Å². The van der Waals surface area contributed by atoms with Crippen LogP contribution in [0.25, 0.3) is 0 Å². The second kappa shape index (κ2) is 7.52. The second-order valence-corrected chi connectivity index (χ2v) is 5.70. The van der Waals surface area contributed by atoms with Crippen molar-refractivity contribution in [3.8, 4) is 11.5 Å². The molecule has 1 saturated heterocycles. The van der Waals surface area contributed by atoms with Gasteiger partial charge in [0.05, 0.1) is 12.1 Å². The summed E-state index contributed by atoms with van der Waals surface area (Å²) in [6, 6.07) is 3.16. The minimum Gasteiger partial charge on any atom is -0.493 e. The highest BCUT2D eigenvalue weighted by Crippen LogP contribution is 2.36. The molecule has 1 heterocycles. The van der Waals surface area contributed by atoms with Crippen LogP contribution in [0.5, 0.6) is 11.5 Å². The molecule has 1 aliphatic rings. The van der Waals surface area contributed by atoms with Crippen LogP contribution in [-0.4, -0.2) is 56.1 Å². The first-order valence-corrected chi connectivity index (χ1v) is 7.62. The monoisotopic (exact) mass is 341 g/mol. The summed E-state index contributed by atoms with van der Waals surface area (Å²) < 4.78 is 10.5. The molecule has 1 aromatic carbocycles. The molecule has 1 atom stereocenters. The largest absolute Gasteiger partial charge is 0.493 e. The fraction of sp³-hybridized carbons (Fsp3) is 0.467. The van der Waals surface area contributed by atoms with Gasteiger partial charge >= 0.3 is 0 Å². The van der Waals surface area contributed by atoms with Crippen molar-refractivity contribution < 1.29 is 19.1 Å². The standard InChI is InChI=1S/C15H20ClN3O4/c1-9-7-18-3-4-19(9)15(21)10-5-11(16)14(12(6-10)22-2)23-8-13(17)20/h5-6,9,18H,3-4,7-8H2,1-2H3,(H2,17,20)/t9-/m1/s1. The Kier molecular flexibility index (Phi) is 5.68. The molecule has 0 aliphatic carbocycles. The number of ether oxygens (including phenoxy) is 2. The van der Waals surface area contributed by atoms with Crippen LogP contribution >= 0.6 is 11.6 Å². The molecule has 1 aromatic rings. The van der Waals surface area contributed by atoms with Gasteiger partial charge < -0.3 is 25.4 Å². The number of halogens is 1. The SMILES string of the molecule is COc1cc(C(=O)N2CCNC[C@H]2C)cc(Cl)c1OCC(N)=O. The van der Waals surface area contributed by atoms with Gasteiger partial charge in [-0.2, -0.15) is 0 Å². The number of nitrogens with one attached hydrogen (secondary N) is 1. The summed E-state index contributed by atoms with van der Waals surface area (Å²) >= 11 is 6.18. The zero-order chi connectivity index (χ0) is 17.0. The van der Waals surface area contributed by atoms with E-state index in [0.29, 0.717) is 12.1 Å². The molecular formula is C15H20ClN3O4. The molecule has 23 heavy (non-hydrogen) atoms. The summed E-state index contributed by atoms with van der Waals surface area (Å²) in [7, 11) is 1.44. The van der Waals surface area contributed by atoms with E-state index in [-0.39, 0.29) is 35.1 Å². The lowest BCUT2D eigenvalue weighted by Crippen LogP contribution is -2.52. The average Bonchev–Trinajstić information content (AvgIpc) is 2.52. The fourth-order valence-corrected chi connectivity index (χ4v) is 2.70. The molecule has 2 rings (SSSR count). The maximum atomic E-state index is 12.7. The Labute approximate surface area is 139 Å². The van der Waals surface area contributed by atoms with Crippen molar-refractivity contribution in [2.24, 2.45) is 5.73 Å². The minimum absolute atomic E-state index is 0.0896. The van der Waals surface area contributed by atoms with Gasteiger partial charge in [0.1, 0.15) is 0 Å². The predicted molar refractivity (Wildman–Crippen MR) is 86.1 cm³/mol. The van der Waals surface area contributed by atoms with Crippen molar-refractivity contribution in [2.75, 3.05) is 33.4 Å². The molecule has 0 bridgehead atoms. The number of rotatable bonds is 5. The number of primary amides is 1. The first-order chi connectivity index (χ1) is 10.9. The number of methoxy groups -OCH3 is 1. The first kappa shape index (κ1) is 17.4. The van der Waals surface area contributed by atoms with Crippen LogP contribution in [0.4, 0.5) is 0 Å². The first-order valence-electron chi connectivity index (χ1n) is 7.24. The van der Waals surface area contributed by atoms with E-state index in [0.717, 1.165) is 13.1 Å². The topological polar surface area (TPSA) is 93.9 Å². The second-order valence-electron chi connectivity index (χ2n) is 5.30. The van der Waals surface area contributed by atoms with Crippen LogP contribution in [0, 0.1) is 0 Å². The number of carbonyl (C=O) groups excluding carboxylic acids is 2. The Balaban J connectivity index is 2.27. The number of hydrogen-bond donors (Lipinski definition) is 2. The number of carbonyl (C=O) groups is 2. The van der Waals surface area contributed by atoms with Crippen molar-refractivity contribution in [1.82, 2.24) is 10.2 Å². The Morgan fingerprint density at radius 3 is 2.83 bits per heavy atom. The Morgan fingerprint density at radius 2 is 2.22 bits per heavy atom. The maximum Gasteiger partial charge on any atom is 0.255 e. The highest BCUT2D eigenvalue weighted by molar-refractivity contribution is 6.32. The van der Waals surface area contributed by atoms with E-state index in [9.17, 15) is 9.59 Å². The van der Waals surface area contributed by atoms with Crippen LogP contribution < -0.4 is 20.5 Å². The van der Waals surface area contributed by atoms with Gasteiger partial charge in [0.25, 0.3) is 11.8 Å². The van der Waals surface area contributed by atoms with Crippen molar-refractivity contribution in [2.45, 2.75) is 13.0 Å². The molecule has 0 radical (unpaired) electrons. The summed E-state index contributed by atoms with van der Waals surface area (Å²) in [5.41, 5.74) is 5.47. The van der Waals surface area contributed by atoms with Crippen molar-refractivity contribution >= 4 is 23.4 Å². The quantitative estimate of drug-likeness (QED) is 0.820. The highest BCUT2D eigenvalue weighted by atomic mass is 35.5. The van der Waals surface area contributed by atoms with Crippen LogP contribution in [0.1, 0.15) is 17.3 Å². The smallest absolute Gasteiger partial charge is 0.255 e. The van der Waals surface area contributed by atoms with Gasteiger partial charge in [-0.15, -0.1) is 0 Å². The third-order valence-electron chi connectivity index (χ3n) is 3.60. The average molecular weight is 342 g/mol. The van der Waals surface area contributed by atoms with Crippen LogP contribution in [-0.2, 0) is 4.79 Å². The number of nitrogens with zero attached hydrogens (tertiary/aromatic N) is 1. The predicted octanol–water partition coefficient (Wildman–Crippen LogP) is 0.647. The van der Waals surface area contributed by atoms with Crippen molar-refractivity contribution in [3.63, 3.8) is 0 Å². The molecule has 126 valence electrons. The lowest BCUT2D eigenvalue weighted by atomic mass is 10.1. The minimum atomic E-state index is -0.627. The molecule has 7 nitrogen and oxygen atoms in total. The lowest BCUT2D eigenvalue weighted by molar-refractivity contribution is -0.119. The molecule has 0 aromatic heterocycles. The van der Waals surface area contributed by atoms with Gasteiger partial charge in [-0.1, -0.05) is 11.6 Å². The molecule has 1 aliphatic heterocycles. The third kappa shape index (κ3) is 4.05. The van der Waals surface area contributed by atoms with Gasteiger partial charge in [0, 0.05) is 31.2 Å². The Morgan fingerprint density at radius 1 is 1.48 bits per heavy atom. The van der Waals surface area contributed by atoms with Gasteiger partial charge in [-0.25, -0.2) is 0 Å². The number of benzene rings is 1. The van der Waals surface area contributed by atoms with E-state index in [1.54, 1.807) is 11.0 Å². The molecule has 1 fully saturated rings. The maximum absolute atomic E-state index is 12.7. The summed E-state index contributed by atoms with van der Waals surface area (Å²) in [6.07, 6.45) is 0. The van der Waals surface area contributed by atoms with Crippen LogP contribution in [0.15, 0.2) is 12.1 Å². The Bertz CT molecular complexity index is 609. The molecule has 2 amide bonds. The molecule has 0 unspecified atom stereocenters. The fourth-order valence-electron chi connectivity index (χ4n) is 2.44. The summed E-state index contributed by atoms with van der Waals surface area (Å²) in [4.78, 5) is 25.3. The van der Waals surface area contributed by atoms with E-state index < -0.39 is 5.91 Å². The Hall–Kier alpha value is -1.99. The van der Waals surface area contributed by atoms with Gasteiger partial charge in [0.15, 0.2) is 18.1 Å². The molecule has 0 spiro atoms. The van der Waals surface area contributed by atoms with Crippen LogP contribution in [0.2, 0.25) is 5.02 Å². The normalized spacial score (nSPS) is 17.7. The third-order valence-corrected chi connectivity index (χ3v) is 3.88.